The van der Waals surface area contributed by atoms with Crippen molar-refractivity contribution >= 4 is 0 Å². The zero-order valence-electron chi connectivity index (χ0n) is 10.4. The fraction of sp³-hybridized carbons (Fsp3) is 0.429. The molecule has 0 aromatic heterocycles. The Labute approximate surface area is 102 Å². The van der Waals surface area contributed by atoms with Gasteiger partial charge in [0.1, 0.15) is 0 Å². The smallest absolute Gasteiger partial charge is 0.163 e. The van der Waals surface area contributed by atoms with Crippen LogP contribution in [0.1, 0.15) is 38.3 Å². The highest BCUT2D eigenvalue weighted by Crippen LogP contribution is 2.24. The summed E-state index contributed by atoms with van der Waals surface area (Å²) in [5, 5.41) is 3.22. The first-order chi connectivity index (χ1) is 8.06. The molecule has 0 fully saturated rings. The van der Waals surface area contributed by atoms with Crippen LogP contribution in [0.2, 0.25) is 0 Å². The number of benzene rings is 1. The van der Waals surface area contributed by atoms with Crippen LogP contribution >= 0.6 is 0 Å². The van der Waals surface area contributed by atoms with Gasteiger partial charge in [-0.15, -0.1) is 6.58 Å². The van der Waals surface area contributed by atoms with Crippen molar-refractivity contribution in [3.05, 3.63) is 47.5 Å². The number of halogens is 2. The Kier molecular flexibility index (Phi) is 5.29. The maximum atomic E-state index is 13.7. The lowest BCUT2D eigenvalue weighted by molar-refractivity contribution is 0.459. The number of nitrogens with one attached hydrogen (secondary N) is 1. The third-order valence-corrected chi connectivity index (χ3v) is 2.55. The molecule has 17 heavy (non-hydrogen) atoms. The predicted molar refractivity (Wildman–Crippen MR) is 66.8 cm³/mol. The lowest BCUT2D eigenvalue weighted by Gasteiger charge is -2.19. The van der Waals surface area contributed by atoms with E-state index in [0.29, 0.717) is 12.0 Å². The van der Waals surface area contributed by atoms with E-state index >= 15 is 0 Å². The summed E-state index contributed by atoms with van der Waals surface area (Å²) in [7, 11) is 0. The Morgan fingerprint density at radius 3 is 2.71 bits per heavy atom. The van der Waals surface area contributed by atoms with Crippen LogP contribution in [-0.4, -0.2) is 6.54 Å². The van der Waals surface area contributed by atoms with Crippen molar-refractivity contribution < 1.29 is 8.78 Å². The van der Waals surface area contributed by atoms with Gasteiger partial charge in [0.2, 0.25) is 0 Å². The van der Waals surface area contributed by atoms with Crippen LogP contribution < -0.4 is 5.32 Å². The first-order valence-electron chi connectivity index (χ1n) is 5.88. The minimum atomic E-state index is -0.799. The van der Waals surface area contributed by atoms with Crippen molar-refractivity contribution in [2.45, 2.75) is 32.7 Å². The quantitative estimate of drug-likeness (QED) is 0.741. The van der Waals surface area contributed by atoms with Gasteiger partial charge in [-0.1, -0.05) is 24.6 Å². The molecule has 1 aromatic carbocycles. The van der Waals surface area contributed by atoms with Crippen LogP contribution in [0.5, 0.6) is 0 Å². The Bertz CT molecular complexity index is 388. The molecule has 0 aliphatic rings. The Morgan fingerprint density at radius 2 is 2.12 bits per heavy atom. The van der Waals surface area contributed by atoms with E-state index in [1.165, 1.54) is 6.07 Å². The van der Waals surface area contributed by atoms with Gasteiger partial charge < -0.3 is 5.32 Å². The van der Waals surface area contributed by atoms with Crippen molar-refractivity contribution in [2.24, 2.45) is 0 Å². The van der Waals surface area contributed by atoms with E-state index in [9.17, 15) is 8.78 Å². The van der Waals surface area contributed by atoms with E-state index in [0.717, 1.165) is 24.6 Å². The molecule has 0 radical (unpaired) electrons. The minimum absolute atomic E-state index is 0.205. The summed E-state index contributed by atoms with van der Waals surface area (Å²) in [6.07, 6.45) is 1.56. The van der Waals surface area contributed by atoms with E-state index in [4.69, 9.17) is 0 Å². The van der Waals surface area contributed by atoms with Crippen LogP contribution in [0.4, 0.5) is 8.78 Å². The molecule has 0 heterocycles. The third-order valence-electron chi connectivity index (χ3n) is 2.55. The highest BCUT2D eigenvalue weighted by atomic mass is 19.2. The Hall–Kier alpha value is -1.22. The van der Waals surface area contributed by atoms with Crippen molar-refractivity contribution in [3.63, 3.8) is 0 Å². The molecular weight excluding hydrogens is 220 g/mol. The SMILES string of the molecule is C=C(C)CC(NCCC)c1cccc(F)c1F. The molecule has 1 N–H and O–H groups in total. The first-order valence-corrected chi connectivity index (χ1v) is 5.88. The zero-order chi connectivity index (χ0) is 12.8. The zero-order valence-corrected chi connectivity index (χ0v) is 10.4. The minimum Gasteiger partial charge on any atom is -0.310 e. The molecule has 1 unspecified atom stereocenters. The van der Waals surface area contributed by atoms with Crippen LogP contribution in [0.25, 0.3) is 0 Å². The summed E-state index contributed by atoms with van der Waals surface area (Å²) in [4.78, 5) is 0. The molecule has 1 nitrogen and oxygen atoms in total. The lowest BCUT2D eigenvalue weighted by atomic mass is 9.99. The summed E-state index contributed by atoms with van der Waals surface area (Å²) in [6, 6.07) is 4.08. The molecule has 3 heteroatoms. The van der Waals surface area contributed by atoms with Gasteiger partial charge >= 0.3 is 0 Å². The molecule has 0 saturated heterocycles. The van der Waals surface area contributed by atoms with Crippen LogP contribution in [0, 0.1) is 11.6 Å². The monoisotopic (exact) mass is 239 g/mol. The Morgan fingerprint density at radius 1 is 1.41 bits per heavy atom. The number of rotatable bonds is 6. The Balaban J connectivity index is 2.94. The predicted octanol–water partition coefficient (Wildman–Crippen LogP) is 3.97. The molecule has 0 amide bonds. The average Bonchev–Trinajstić information content (AvgIpc) is 2.28. The van der Waals surface area contributed by atoms with Gasteiger partial charge in [-0.2, -0.15) is 0 Å². The second-order valence-electron chi connectivity index (χ2n) is 4.31. The molecule has 1 rings (SSSR count). The second-order valence-corrected chi connectivity index (χ2v) is 4.31. The van der Waals surface area contributed by atoms with Crippen molar-refractivity contribution in [3.8, 4) is 0 Å². The summed E-state index contributed by atoms with van der Waals surface area (Å²) in [5.41, 5.74) is 1.32. The van der Waals surface area contributed by atoms with Gasteiger partial charge in [-0.25, -0.2) is 8.78 Å². The largest absolute Gasteiger partial charge is 0.310 e. The van der Waals surface area contributed by atoms with Crippen molar-refractivity contribution in [1.29, 1.82) is 0 Å². The second kappa shape index (κ2) is 6.50. The molecule has 1 atom stereocenters. The molecular formula is C14H19F2N. The van der Waals surface area contributed by atoms with Crippen molar-refractivity contribution in [1.82, 2.24) is 5.32 Å². The van der Waals surface area contributed by atoms with Crippen LogP contribution in [-0.2, 0) is 0 Å². The standard InChI is InChI=1S/C14H19F2N/c1-4-8-17-13(9-10(2)3)11-6-5-7-12(15)14(11)16/h5-7,13,17H,2,4,8-9H2,1,3H3. The summed E-state index contributed by atoms with van der Waals surface area (Å²) < 4.78 is 26.9. The normalized spacial score (nSPS) is 12.5. The maximum Gasteiger partial charge on any atom is 0.163 e. The molecule has 0 spiro atoms. The van der Waals surface area contributed by atoms with E-state index in [2.05, 4.69) is 11.9 Å². The van der Waals surface area contributed by atoms with Gasteiger partial charge in [0.15, 0.2) is 11.6 Å². The highest BCUT2D eigenvalue weighted by Gasteiger charge is 2.17. The molecule has 1 aromatic rings. The molecule has 0 bridgehead atoms. The first kappa shape index (κ1) is 13.8. The summed E-state index contributed by atoms with van der Waals surface area (Å²) in [5.74, 6) is -1.56. The fourth-order valence-corrected chi connectivity index (χ4v) is 1.75. The average molecular weight is 239 g/mol. The maximum absolute atomic E-state index is 13.7. The summed E-state index contributed by atoms with van der Waals surface area (Å²) >= 11 is 0. The van der Waals surface area contributed by atoms with E-state index in [-0.39, 0.29) is 6.04 Å². The van der Waals surface area contributed by atoms with E-state index in [1.54, 1.807) is 6.07 Å². The van der Waals surface area contributed by atoms with E-state index < -0.39 is 11.6 Å². The van der Waals surface area contributed by atoms with Gasteiger partial charge in [0, 0.05) is 11.6 Å². The van der Waals surface area contributed by atoms with Gasteiger partial charge in [-0.3, -0.25) is 0 Å². The van der Waals surface area contributed by atoms with Crippen molar-refractivity contribution in [2.75, 3.05) is 6.54 Å². The van der Waals surface area contributed by atoms with Gasteiger partial charge in [-0.05, 0) is 32.4 Å². The number of hydrogen-bond acceptors (Lipinski definition) is 1. The van der Waals surface area contributed by atoms with Crippen LogP contribution in [0.15, 0.2) is 30.4 Å². The lowest BCUT2D eigenvalue weighted by Crippen LogP contribution is -2.23. The topological polar surface area (TPSA) is 12.0 Å². The third kappa shape index (κ3) is 3.93. The van der Waals surface area contributed by atoms with Gasteiger partial charge in [0.25, 0.3) is 0 Å². The highest BCUT2D eigenvalue weighted by molar-refractivity contribution is 5.23. The molecule has 0 aliphatic carbocycles. The van der Waals surface area contributed by atoms with E-state index in [1.807, 2.05) is 13.8 Å². The molecule has 94 valence electrons. The van der Waals surface area contributed by atoms with Crippen LogP contribution in [0.3, 0.4) is 0 Å². The number of hydrogen-bond donors (Lipinski definition) is 1. The molecule has 0 saturated carbocycles. The fourth-order valence-electron chi connectivity index (χ4n) is 1.75. The van der Waals surface area contributed by atoms with Gasteiger partial charge in [0.05, 0.1) is 0 Å². The summed E-state index contributed by atoms with van der Waals surface area (Å²) in [6.45, 7) is 8.52. The molecule has 0 aliphatic heterocycles.